The van der Waals surface area contributed by atoms with Crippen LogP contribution in [0, 0.1) is 0 Å². The number of amidine groups is 1. The molecule has 0 spiro atoms. The highest BCUT2D eigenvalue weighted by Gasteiger charge is 2.05. The molecule has 0 saturated heterocycles. The van der Waals surface area contributed by atoms with Crippen molar-refractivity contribution in [1.82, 2.24) is 14.9 Å². The zero-order chi connectivity index (χ0) is 13.5. The molecular weight excluding hydrogens is 254 g/mol. The van der Waals surface area contributed by atoms with E-state index in [0.29, 0.717) is 5.75 Å². The van der Waals surface area contributed by atoms with Gasteiger partial charge in [0.2, 0.25) is 0 Å². The summed E-state index contributed by atoms with van der Waals surface area (Å²) in [7, 11) is 1.88. The molecule has 0 fully saturated rings. The monoisotopic (exact) mass is 271 g/mol. The van der Waals surface area contributed by atoms with Crippen LogP contribution in [0.15, 0.2) is 22.7 Å². The summed E-state index contributed by atoms with van der Waals surface area (Å²) in [6.45, 7) is 3.65. The van der Waals surface area contributed by atoms with Gasteiger partial charge in [0.25, 0.3) is 0 Å². The van der Waals surface area contributed by atoms with Crippen molar-refractivity contribution in [2.75, 3.05) is 5.75 Å². The summed E-state index contributed by atoms with van der Waals surface area (Å²) in [6, 6.07) is -0.00383. The molecule has 0 aliphatic heterocycles. The highest BCUT2D eigenvalue weighted by atomic mass is 32.2. The summed E-state index contributed by atoms with van der Waals surface area (Å²) < 4.78 is 1.87. The molecule has 1 heterocycles. The summed E-state index contributed by atoms with van der Waals surface area (Å²) >= 11 is 1.41. The third kappa shape index (κ3) is 5.09. The molecule has 0 aliphatic rings. The lowest BCUT2D eigenvalue weighted by Gasteiger charge is -2.05. The number of oxime groups is 1. The van der Waals surface area contributed by atoms with Crippen molar-refractivity contribution in [3.8, 4) is 0 Å². The first-order valence-electron chi connectivity index (χ1n) is 5.39. The van der Waals surface area contributed by atoms with Crippen molar-refractivity contribution in [3.63, 3.8) is 0 Å². The molecule has 0 unspecified atom stereocenters. The quantitative estimate of drug-likeness (QED) is 0.273. The number of aromatic nitrogens is 2. The molecule has 0 aliphatic carbocycles. The van der Waals surface area contributed by atoms with E-state index in [0.717, 1.165) is 5.16 Å². The SMILES string of the molecule is CC(C)NC(=O)ON=C(N)CSc1nccn1C. The smallest absolute Gasteiger partial charge is 0.384 e. The Balaban J connectivity index is 2.34. The van der Waals surface area contributed by atoms with E-state index in [1.807, 2.05) is 31.7 Å². The first kappa shape index (κ1) is 14.4. The molecule has 0 atom stereocenters. The second-order valence-corrected chi connectivity index (χ2v) is 4.81. The highest BCUT2D eigenvalue weighted by molar-refractivity contribution is 7.99. The summed E-state index contributed by atoms with van der Waals surface area (Å²) in [5.41, 5.74) is 5.61. The van der Waals surface area contributed by atoms with Gasteiger partial charge >= 0.3 is 6.09 Å². The van der Waals surface area contributed by atoms with E-state index in [1.165, 1.54) is 11.8 Å². The standard InChI is InChI=1S/C10H17N5O2S/c1-7(2)13-10(16)17-14-8(11)6-18-9-12-4-5-15(9)3/h4-5,7H,6H2,1-3H3,(H2,11,14)(H,13,16). The number of imidazole rings is 1. The van der Waals surface area contributed by atoms with Gasteiger partial charge in [0, 0.05) is 25.5 Å². The number of carbonyl (C=O) groups excluding carboxylic acids is 1. The number of nitrogens with one attached hydrogen (secondary N) is 1. The van der Waals surface area contributed by atoms with Gasteiger partial charge in [-0.15, -0.1) is 0 Å². The zero-order valence-electron chi connectivity index (χ0n) is 10.6. The van der Waals surface area contributed by atoms with E-state index in [1.54, 1.807) is 6.20 Å². The Morgan fingerprint density at radius 1 is 1.72 bits per heavy atom. The molecule has 0 bridgehead atoms. The molecule has 0 aromatic carbocycles. The van der Waals surface area contributed by atoms with Crippen molar-refractivity contribution >= 4 is 23.7 Å². The Bertz CT molecular complexity index is 430. The van der Waals surface area contributed by atoms with Gasteiger partial charge in [-0.1, -0.05) is 16.9 Å². The van der Waals surface area contributed by atoms with Gasteiger partial charge in [-0.3, -0.25) is 4.84 Å². The van der Waals surface area contributed by atoms with Gasteiger partial charge in [-0.25, -0.2) is 9.78 Å². The molecule has 3 N–H and O–H groups in total. The van der Waals surface area contributed by atoms with Crippen molar-refractivity contribution in [2.24, 2.45) is 17.9 Å². The Morgan fingerprint density at radius 2 is 2.44 bits per heavy atom. The maximum atomic E-state index is 11.1. The number of hydrogen-bond acceptors (Lipinski definition) is 5. The fourth-order valence-corrected chi connectivity index (χ4v) is 1.75. The van der Waals surface area contributed by atoms with Gasteiger partial charge in [-0.05, 0) is 13.8 Å². The average Bonchev–Trinajstić information content (AvgIpc) is 2.68. The number of nitrogens with two attached hydrogens (primary N) is 1. The van der Waals surface area contributed by atoms with Crippen molar-refractivity contribution < 1.29 is 9.63 Å². The van der Waals surface area contributed by atoms with E-state index < -0.39 is 6.09 Å². The van der Waals surface area contributed by atoms with Crippen LogP contribution in [-0.4, -0.2) is 33.3 Å². The van der Waals surface area contributed by atoms with Gasteiger partial charge in [0.1, 0.15) is 0 Å². The summed E-state index contributed by atoms with van der Waals surface area (Å²) in [5.74, 6) is 0.627. The molecule has 100 valence electrons. The first-order chi connectivity index (χ1) is 8.49. The minimum atomic E-state index is -0.616. The normalized spacial score (nSPS) is 11.7. The van der Waals surface area contributed by atoms with Crippen LogP contribution in [0.2, 0.25) is 0 Å². The van der Waals surface area contributed by atoms with Crippen molar-refractivity contribution in [2.45, 2.75) is 25.0 Å². The Kier molecular flexibility index (Phi) is 5.50. The fourth-order valence-electron chi connectivity index (χ4n) is 1.02. The molecule has 7 nitrogen and oxygen atoms in total. The third-order valence-electron chi connectivity index (χ3n) is 1.78. The minimum Gasteiger partial charge on any atom is -0.384 e. The predicted molar refractivity (Wildman–Crippen MR) is 70.3 cm³/mol. The molecular formula is C10H17N5O2S. The topological polar surface area (TPSA) is 94.5 Å². The fraction of sp³-hybridized carbons (Fsp3) is 0.500. The Hall–Kier alpha value is -1.70. The summed E-state index contributed by atoms with van der Waals surface area (Å²) in [5, 5.41) is 6.88. The number of thioether (sulfide) groups is 1. The van der Waals surface area contributed by atoms with Gasteiger partial charge in [0.05, 0.1) is 5.75 Å². The second kappa shape index (κ2) is 6.90. The molecule has 1 aromatic heterocycles. The summed E-state index contributed by atoms with van der Waals surface area (Å²) in [6.07, 6.45) is 2.92. The number of amides is 1. The molecule has 1 amide bonds. The van der Waals surface area contributed by atoms with Gasteiger partial charge < -0.3 is 15.6 Å². The van der Waals surface area contributed by atoms with Crippen molar-refractivity contribution in [3.05, 3.63) is 12.4 Å². The van der Waals surface area contributed by atoms with Gasteiger partial charge in [0.15, 0.2) is 11.0 Å². The third-order valence-corrected chi connectivity index (χ3v) is 2.87. The number of hydrogen-bond donors (Lipinski definition) is 2. The molecule has 0 radical (unpaired) electrons. The van der Waals surface area contributed by atoms with Crippen LogP contribution < -0.4 is 11.1 Å². The Morgan fingerprint density at radius 3 is 3.00 bits per heavy atom. The lowest BCUT2D eigenvalue weighted by molar-refractivity contribution is 0.148. The number of rotatable bonds is 5. The molecule has 1 aromatic rings. The Labute approximate surface area is 110 Å². The van der Waals surface area contributed by atoms with E-state index in [4.69, 9.17) is 5.73 Å². The van der Waals surface area contributed by atoms with E-state index in [2.05, 4.69) is 20.3 Å². The van der Waals surface area contributed by atoms with Crippen LogP contribution in [0.25, 0.3) is 0 Å². The lowest BCUT2D eigenvalue weighted by atomic mass is 10.4. The van der Waals surface area contributed by atoms with Crippen LogP contribution in [-0.2, 0) is 11.9 Å². The molecule has 18 heavy (non-hydrogen) atoms. The highest BCUT2D eigenvalue weighted by Crippen LogP contribution is 2.13. The van der Waals surface area contributed by atoms with E-state index in [-0.39, 0.29) is 11.9 Å². The first-order valence-corrected chi connectivity index (χ1v) is 6.37. The number of aryl methyl sites for hydroxylation is 1. The number of carbonyl (C=O) groups is 1. The molecule has 8 heteroatoms. The van der Waals surface area contributed by atoms with Crippen molar-refractivity contribution in [1.29, 1.82) is 0 Å². The second-order valence-electron chi connectivity index (χ2n) is 3.87. The summed E-state index contributed by atoms with van der Waals surface area (Å²) in [4.78, 5) is 19.8. The van der Waals surface area contributed by atoms with Gasteiger partial charge in [-0.2, -0.15) is 0 Å². The molecule has 1 rings (SSSR count). The maximum Gasteiger partial charge on any atom is 0.433 e. The van der Waals surface area contributed by atoms with Crippen LogP contribution in [0.1, 0.15) is 13.8 Å². The zero-order valence-corrected chi connectivity index (χ0v) is 11.4. The van der Waals surface area contributed by atoms with Crippen LogP contribution in [0.5, 0.6) is 0 Å². The predicted octanol–water partition coefficient (Wildman–Crippen LogP) is 0.919. The lowest BCUT2D eigenvalue weighted by Crippen LogP contribution is -2.30. The van der Waals surface area contributed by atoms with Crippen LogP contribution in [0.4, 0.5) is 4.79 Å². The van der Waals surface area contributed by atoms with Crippen LogP contribution in [0.3, 0.4) is 0 Å². The average molecular weight is 271 g/mol. The molecule has 0 saturated carbocycles. The largest absolute Gasteiger partial charge is 0.433 e. The minimum absolute atomic E-state index is 0.00383. The number of nitrogens with zero attached hydrogens (tertiary/aromatic N) is 3. The maximum absolute atomic E-state index is 11.1. The van der Waals surface area contributed by atoms with Crippen LogP contribution >= 0.6 is 11.8 Å². The van der Waals surface area contributed by atoms with E-state index in [9.17, 15) is 4.79 Å². The van der Waals surface area contributed by atoms with E-state index >= 15 is 0 Å².